The number of carbonyl (C=O) groups excluding carboxylic acids is 2. The SMILES string of the molecule is CCC(C)N(CCC(=O)NCCc1ccc(F)cc1)C(C)=O. The molecule has 1 rings (SSSR count). The van der Waals surface area contributed by atoms with Crippen molar-refractivity contribution in [1.82, 2.24) is 10.2 Å². The Morgan fingerprint density at radius 2 is 1.91 bits per heavy atom. The van der Waals surface area contributed by atoms with Crippen molar-refractivity contribution in [2.45, 2.75) is 46.1 Å². The lowest BCUT2D eigenvalue weighted by Crippen LogP contribution is -2.39. The van der Waals surface area contributed by atoms with Crippen molar-refractivity contribution in [2.75, 3.05) is 13.1 Å². The molecule has 1 aromatic rings. The van der Waals surface area contributed by atoms with Crippen LogP contribution in [0.5, 0.6) is 0 Å². The van der Waals surface area contributed by atoms with Crippen LogP contribution in [0.4, 0.5) is 4.39 Å². The Hall–Kier alpha value is -1.91. The molecule has 2 amide bonds. The number of carbonyl (C=O) groups is 2. The van der Waals surface area contributed by atoms with Crippen molar-refractivity contribution < 1.29 is 14.0 Å². The highest BCUT2D eigenvalue weighted by atomic mass is 19.1. The third-order valence-electron chi connectivity index (χ3n) is 3.76. The zero-order valence-electron chi connectivity index (χ0n) is 13.6. The van der Waals surface area contributed by atoms with Gasteiger partial charge in [-0.3, -0.25) is 9.59 Å². The molecule has 0 aromatic heterocycles. The Bertz CT molecular complexity index is 488. The van der Waals surface area contributed by atoms with E-state index in [1.807, 2.05) is 13.8 Å². The van der Waals surface area contributed by atoms with Crippen LogP contribution in [0.25, 0.3) is 0 Å². The van der Waals surface area contributed by atoms with Gasteiger partial charge in [0.2, 0.25) is 11.8 Å². The fourth-order valence-corrected chi connectivity index (χ4v) is 2.22. The van der Waals surface area contributed by atoms with Crippen molar-refractivity contribution in [3.8, 4) is 0 Å². The van der Waals surface area contributed by atoms with Gasteiger partial charge in [0.25, 0.3) is 0 Å². The summed E-state index contributed by atoms with van der Waals surface area (Å²) in [6.45, 7) is 6.47. The lowest BCUT2D eigenvalue weighted by atomic mass is 10.1. The topological polar surface area (TPSA) is 49.4 Å². The minimum absolute atomic E-state index is 0.00605. The molecule has 0 radical (unpaired) electrons. The molecule has 1 N–H and O–H groups in total. The quantitative estimate of drug-likeness (QED) is 0.802. The maximum atomic E-state index is 12.8. The monoisotopic (exact) mass is 308 g/mol. The molecule has 0 fully saturated rings. The summed E-state index contributed by atoms with van der Waals surface area (Å²) in [6, 6.07) is 6.38. The van der Waals surface area contributed by atoms with Crippen molar-refractivity contribution in [3.05, 3.63) is 35.6 Å². The molecular weight excluding hydrogens is 283 g/mol. The van der Waals surface area contributed by atoms with Crippen LogP contribution in [0.15, 0.2) is 24.3 Å². The molecule has 0 aliphatic carbocycles. The van der Waals surface area contributed by atoms with Crippen LogP contribution in [0, 0.1) is 5.82 Å². The fourth-order valence-electron chi connectivity index (χ4n) is 2.22. The molecule has 22 heavy (non-hydrogen) atoms. The summed E-state index contributed by atoms with van der Waals surface area (Å²) in [5.74, 6) is -0.340. The molecule has 0 saturated carbocycles. The van der Waals surface area contributed by atoms with E-state index in [-0.39, 0.29) is 23.7 Å². The van der Waals surface area contributed by atoms with Gasteiger partial charge in [0.15, 0.2) is 0 Å². The van der Waals surface area contributed by atoms with Gasteiger partial charge in [-0.25, -0.2) is 4.39 Å². The smallest absolute Gasteiger partial charge is 0.221 e. The van der Waals surface area contributed by atoms with E-state index >= 15 is 0 Å². The highest BCUT2D eigenvalue weighted by molar-refractivity contribution is 5.78. The van der Waals surface area contributed by atoms with Gasteiger partial charge < -0.3 is 10.2 Å². The molecule has 4 nitrogen and oxygen atoms in total. The molecule has 0 spiro atoms. The number of amides is 2. The molecule has 1 aromatic carbocycles. The molecular formula is C17H25FN2O2. The van der Waals surface area contributed by atoms with Crippen molar-refractivity contribution in [2.24, 2.45) is 0 Å². The van der Waals surface area contributed by atoms with Crippen LogP contribution in [0.1, 0.15) is 39.2 Å². The number of rotatable bonds is 8. The maximum Gasteiger partial charge on any atom is 0.221 e. The molecule has 0 saturated heterocycles. The van der Waals surface area contributed by atoms with Gasteiger partial charge in [-0.2, -0.15) is 0 Å². The zero-order valence-corrected chi connectivity index (χ0v) is 13.6. The predicted octanol–water partition coefficient (Wildman–Crippen LogP) is 2.52. The minimum atomic E-state index is -0.262. The van der Waals surface area contributed by atoms with E-state index in [0.29, 0.717) is 25.9 Å². The highest BCUT2D eigenvalue weighted by Gasteiger charge is 2.16. The van der Waals surface area contributed by atoms with Gasteiger partial charge in [-0.15, -0.1) is 0 Å². The second-order valence-electron chi connectivity index (χ2n) is 5.45. The van der Waals surface area contributed by atoms with Crippen molar-refractivity contribution in [3.63, 3.8) is 0 Å². The Morgan fingerprint density at radius 1 is 1.27 bits per heavy atom. The molecule has 1 unspecified atom stereocenters. The molecule has 0 aliphatic rings. The average Bonchev–Trinajstić information content (AvgIpc) is 2.48. The lowest BCUT2D eigenvalue weighted by Gasteiger charge is -2.27. The van der Waals surface area contributed by atoms with Gasteiger partial charge in [0, 0.05) is 32.5 Å². The summed E-state index contributed by atoms with van der Waals surface area (Å²) >= 11 is 0. The number of nitrogens with zero attached hydrogens (tertiary/aromatic N) is 1. The number of hydrogen-bond acceptors (Lipinski definition) is 2. The highest BCUT2D eigenvalue weighted by Crippen LogP contribution is 2.05. The molecule has 0 bridgehead atoms. The van der Waals surface area contributed by atoms with E-state index in [1.165, 1.54) is 19.1 Å². The van der Waals surface area contributed by atoms with Crippen LogP contribution in [-0.2, 0) is 16.0 Å². The summed E-state index contributed by atoms with van der Waals surface area (Å²) in [4.78, 5) is 25.1. The Morgan fingerprint density at radius 3 is 2.45 bits per heavy atom. The molecule has 1 atom stereocenters. The summed E-state index contributed by atoms with van der Waals surface area (Å²) in [5.41, 5.74) is 0.978. The summed E-state index contributed by atoms with van der Waals surface area (Å²) in [7, 11) is 0. The lowest BCUT2D eigenvalue weighted by molar-refractivity contribution is -0.131. The standard InChI is InChI=1S/C17H25FN2O2/c1-4-13(2)20(14(3)21)12-10-17(22)19-11-9-15-5-7-16(18)8-6-15/h5-8,13H,4,9-12H2,1-3H3,(H,19,22). The second kappa shape index (κ2) is 9.18. The normalized spacial score (nSPS) is 11.8. The first-order chi connectivity index (χ1) is 10.4. The first kappa shape index (κ1) is 18.1. The number of halogens is 1. The van der Waals surface area contributed by atoms with Crippen molar-refractivity contribution >= 4 is 11.8 Å². The first-order valence-corrected chi connectivity index (χ1v) is 7.72. The van der Waals surface area contributed by atoms with Crippen LogP contribution in [-0.4, -0.2) is 35.8 Å². The van der Waals surface area contributed by atoms with E-state index in [9.17, 15) is 14.0 Å². The number of benzene rings is 1. The molecule has 0 heterocycles. The number of hydrogen-bond donors (Lipinski definition) is 1. The minimum Gasteiger partial charge on any atom is -0.356 e. The Labute approximate surface area is 131 Å². The van der Waals surface area contributed by atoms with Gasteiger partial charge in [-0.05, 0) is 37.5 Å². The predicted molar refractivity (Wildman–Crippen MR) is 84.9 cm³/mol. The van der Waals surface area contributed by atoms with Gasteiger partial charge in [-0.1, -0.05) is 19.1 Å². The Kier molecular flexibility index (Phi) is 7.57. The van der Waals surface area contributed by atoms with Crippen LogP contribution in [0.2, 0.25) is 0 Å². The molecule has 0 aliphatic heterocycles. The van der Waals surface area contributed by atoms with Gasteiger partial charge in [0.1, 0.15) is 5.82 Å². The first-order valence-electron chi connectivity index (χ1n) is 7.72. The van der Waals surface area contributed by atoms with E-state index in [0.717, 1.165) is 12.0 Å². The third kappa shape index (κ3) is 6.24. The number of nitrogens with one attached hydrogen (secondary N) is 1. The third-order valence-corrected chi connectivity index (χ3v) is 3.76. The van der Waals surface area contributed by atoms with Crippen LogP contribution < -0.4 is 5.32 Å². The van der Waals surface area contributed by atoms with E-state index in [2.05, 4.69) is 5.32 Å². The van der Waals surface area contributed by atoms with Crippen LogP contribution in [0.3, 0.4) is 0 Å². The second-order valence-corrected chi connectivity index (χ2v) is 5.45. The fraction of sp³-hybridized carbons (Fsp3) is 0.529. The largest absolute Gasteiger partial charge is 0.356 e. The van der Waals surface area contributed by atoms with E-state index < -0.39 is 0 Å². The van der Waals surface area contributed by atoms with Gasteiger partial charge >= 0.3 is 0 Å². The van der Waals surface area contributed by atoms with E-state index in [1.54, 1.807) is 17.0 Å². The van der Waals surface area contributed by atoms with Crippen LogP contribution >= 0.6 is 0 Å². The summed E-state index contributed by atoms with van der Waals surface area (Å²) in [6.07, 6.45) is 1.83. The summed E-state index contributed by atoms with van der Waals surface area (Å²) < 4.78 is 12.8. The summed E-state index contributed by atoms with van der Waals surface area (Å²) in [5, 5.41) is 2.83. The Balaban J connectivity index is 2.30. The van der Waals surface area contributed by atoms with Gasteiger partial charge in [0.05, 0.1) is 0 Å². The van der Waals surface area contributed by atoms with E-state index in [4.69, 9.17) is 0 Å². The van der Waals surface area contributed by atoms with Crippen molar-refractivity contribution in [1.29, 1.82) is 0 Å². The molecule has 122 valence electrons. The maximum absolute atomic E-state index is 12.8. The molecule has 5 heteroatoms. The average molecular weight is 308 g/mol. The zero-order chi connectivity index (χ0) is 16.5.